The molecule has 1 amide bonds. The van der Waals surface area contributed by atoms with E-state index >= 15 is 0 Å². The van der Waals surface area contributed by atoms with Crippen LogP contribution in [0.4, 0.5) is 5.69 Å². The van der Waals surface area contributed by atoms with Crippen LogP contribution in [0.2, 0.25) is 0 Å². The first-order valence-electron chi connectivity index (χ1n) is 6.82. The number of anilines is 1. The number of rotatable bonds is 4. The topological polar surface area (TPSA) is 64.3 Å². The summed E-state index contributed by atoms with van der Waals surface area (Å²) in [7, 11) is 1.63. The van der Waals surface area contributed by atoms with Crippen LogP contribution in [0, 0.1) is 6.92 Å². The Morgan fingerprint density at radius 1 is 1.19 bits per heavy atom. The first kappa shape index (κ1) is 14.9. The zero-order chi connectivity index (χ0) is 15.4. The molecule has 0 aliphatic heterocycles. The lowest BCUT2D eigenvalue weighted by atomic mass is 10.0. The summed E-state index contributed by atoms with van der Waals surface area (Å²) in [6, 6.07) is 12.9. The molecule has 2 aromatic rings. The van der Waals surface area contributed by atoms with Gasteiger partial charge in [-0.1, -0.05) is 12.1 Å². The number of nitrogens with two attached hydrogens (primary N) is 1. The van der Waals surface area contributed by atoms with Crippen molar-refractivity contribution in [2.45, 2.75) is 19.9 Å². The first-order chi connectivity index (χ1) is 10.0. The molecule has 2 rings (SSSR count). The fourth-order valence-corrected chi connectivity index (χ4v) is 2.19. The van der Waals surface area contributed by atoms with Gasteiger partial charge >= 0.3 is 0 Å². The van der Waals surface area contributed by atoms with E-state index in [4.69, 9.17) is 10.5 Å². The Hall–Kier alpha value is -2.49. The number of nitrogens with one attached hydrogen (secondary N) is 1. The van der Waals surface area contributed by atoms with Crippen LogP contribution in [0.15, 0.2) is 42.5 Å². The third-order valence-corrected chi connectivity index (χ3v) is 3.46. The summed E-state index contributed by atoms with van der Waals surface area (Å²) in [5, 5.41) is 2.99. The highest BCUT2D eigenvalue weighted by Crippen LogP contribution is 2.19. The number of carbonyl (C=O) groups excluding carboxylic acids is 1. The van der Waals surface area contributed by atoms with Gasteiger partial charge in [-0.2, -0.15) is 0 Å². The highest BCUT2D eigenvalue weighted by Gasteiger charge is 2.13. The van der Waals surface area contributed by atoms with Gasteiger partial charge in [0, 0.05) is 11.3 Å². The molecular weight excluding hydrogens is 264 g/mol. The Balaban J connectivity index is 2.10. The van der Waals surface area contributed by atoms with Gasteiger partial charge < -0.3 is 15.8 Å². The summed E-state index contributed by atoms with van der Waals surface area (Å²) in [4.78, 5) is 12.3. The monoisotopic (exact) mass is 284 g/mol. The molecule has 0 bridgehead atoms. The van der Waals surface area contributed by atoms with Gasteiger partial charge in [-0.15, -0.1) is 0 Å². The number of benzene rings is 2. The number of aryl methyl sites for hydroxylation is 1. The average molecular weight is 284 g/mol. The Morgan fingerprint density at radius 2 is 1.86 bits per heavy atom. The maximum Gasteiger partial charge on any atom is 0.252 e. The van der Waals surface area contributed by atoms with Crippen LogP contribution in [-0.4, -0.2) is 13.0 Å². The summed E-state index contributed by atoms with van der Waals surface area (Å²) in [5.74, 6) is 0.697. The Morgan fingerprint density at radius 3 is 2.43 bits per heavy atom. The van der Waals surface area contributed by atoms with Crippen LogP contribution in [0.3, 0.4) is 0 Å². The summed E-state index contributed by atoms with van der Waals surface area (Å²) in [5.41, 5.74) is 8.90. The van der Waals surface area contributed by atoms with Crippen molar-refractivity contribution >= 4 is 11.6 Å². The van der Waals surface area contributed by atoms with Crippen LogP contribution in [0.25, 0.3) is 0 Å². The normalized spacial score (nSPS) is 11.8. The third kappa shape index (κ3) is 3.54. The molecule has 1 atom stereocenters. The molecule has 2 aromatic carbocycles. The predicted molar refractivity (Wildman–Crippen MR) is 84.5 cm³/mol. The van der Waals surface area contributed by atoms with Crippen LogP contribution >= 0.6 is 0 Å². The number of carbonyl (C=O) groups is 1. The van der Waals surface area contributed by atoms with E-state index in [2.05, 4.69) is 5.32 Å². The SMILES string of the molecule is COc1ccc(C(C)NC(=O)c2ccc(N)cc2C)cc1. The molecule has 3 N–H and O–H groups in total. The molecule has 0 heterocycles. The molecule has 4 heteroatoms. The fourth-order valence-electron chi connectivity index (χ4n) is 2.19. The van der Waals surface area contributed by atoms with Crippen molar-refractivity contribution in [3.05, 3.63) is 59.2 Å². The number of amides is 1. The van der Waals surface area contributed by atoms with Gasteiger partial charge in [-0.05, 0) is 55.3 Å². The van der Waals surface area contributed by atoms with Crippen molar-refractivity contribution in [2.24, 2.45) is 0 Å². The van der Waals surface area contributed by atoms with Gasteiger partial charge in [-0.3, -0.25) is 4.79 Å². The molecule has 0 saturated carbocycles. The van der Waals surface area contributed by atoms with Crippen molar-refractivity contribution < 1.29 is 9.53 Å². The van der Waals surface area contributed by atoms with Gasteiger partial charge in [0.05, 0.1) is 13.2 Å². The van der Waals surface area contributed by atoms with Crippen molar-refractivity contribution in [3.63, 3.8) is 0 Å². The lowest BCUT2D eigenvalue weighted by Gasteiger charge is -2.16. The Kier molecular flexibility index (Phi) is 4.48. The van der Waals surface area contributed by atoms with E-state index in [0.717, 1.165) is 16.9 Å². The smallest absolute Gasteiger partial charge is 0.252 e. The van der Waals surface area contributed by atoms with E-state index in [-0.39, 0.29) is 11.9 Å². The molecule has 0 radical (unpaired) electrons. The second kappa shape index (κ2) is 6.31. The zero-order valence-corrected chi connectivity index (χ0v) is 12.5. The molecule has 0 saturated heterocycles. The van der Waals surface area contributed by atoms with E-state index in [1.807, 2.05) is 38.1 Å². The standard InChI is InChI=1S/C17H20N2O2/c1-11-10-14(18)6-9-16(11)17(20)19-12(2)13-4-7-15(21-3)8-5-13/h4-10,12H,18H2,1-3H3,(H,19,20). The predicted octanol–water partition coefficient (Wildman–Crippen LogP) is 3.08. The minimum absolute atomic E-state index is 0.0830. The molecule has 0 fully saturated rings. The van der Waals surface area contributed by atoms with Crippen LogP contribution in [0.1, 0.15) is 34.5 Å². The molecule has 0 aliphatic carbocycles. The number of hydrogen-bond acceptors (Lipinski definition) is 3. The average Bonchev–Trinajstić information content (AvgIpc) is 2.47. The maximum atomic E-state index is 12.3. The molecule has 1 unspecified atom stereocenters. The highest BCUT2D eigenvalue weighted by atomic mass is 16.5. The lowest BCUT2D eigenvalue weighted by molar-refractivity contribution is 0.0939. The number of hydrogen-bond donors (Lipinski definition) is 2. The van der Waals surface area contributed by atoms with E-state index in [9.17, 15) is 4.79 Å². The minimum atomic E-state index is -0.101. The van der Waals surface area contributed by atoms with Gasteiger partial charge in [0.2, 0.25) is 0 Å². The summed E-state index contributed by atoms with van der Waals surface area (Å²) < 4.78 is 5.13. The Bertz CT molecular complexity index is 636. The largest absolute Gasteiger partial charge is 0.497 e. The number of ether oxygens (including phenoxy) is 1. The molecule has 0 spiro atoms. The molecule has 4 nitrogen and oxygen atoms in total. The quantitative estimate of drug-likeness (QED) is 0.848. The highest BCUT2D eigenvalue weighted by molar-refractivity contribution is 5.96. The summed E-state index contributed by atoms with van der Waals surface area (Å²) in [6.07, 6.45) is 0. The van der Waals surface area contributed by atoms with Crippen molar-refractivity contribution in [1.82, 2.24) is 5.32 Å². The van der Waals surface area contributed by atoms with Gasteiger partial charge in [-0.25, -0.2) is 0 Å². The third-order valence-electron chi connectivity index (χ3n) is 3.46. The van der Waals surface area contributed by atoms with Crippen LogP contribution in [0.5, 0.6) is 5.75 Å². The number of nitrogen functional groups attached to an aromatic ring is 1. The molecular formula is C17H20N2O2. The lowest BCUT2D eigenvalue weighted by Crippen LogP contribution is -2.27. The van der Waals surface area contributed by atoms with Gasteiger partial charge in [0.15, 0.2) is 0 Å². The second-order valence-electron chi connectivity index (χ2n) is 5.04. The molecule has 21 heavy (non-hydrogen) atoms. The summed E-state index contributed by atoms with van der Waals surface area (Å²) in [6.45, 7) is 3.83. The molecule has 0 aliphatic rings. The molecule has 0 aromatic heterocycles. The number of methoxy groups -OCH3 is 1. The fraction of sp³-hybridized carbons (Fsp3) is 0.235. The van der Waals surface area contributed by atoms with E-state index < -0.39 is 0 Å². The van der Waals surface area contributed by atoms with Crippen LogP contribution in [-0.2, 0) is 0 Å². The van der Waals surface area contributed by atoms with Crippen LogP contribution < -0.4 is 15.8 Å². The second-order valence-corrected chi connectivity index (χ2v) is 5.04. The van der Waals surface area contributed by atoms with Crippen molar-refractivity contribution in [2.75, 3.05) is 12.8 Å². The van der Waals surface area contributed by atoms with E-state index in [1.54, 1.807) is 25.3 Å². The van der Waals surface area contributed by atoms with Gasteiger partial charge in [0.25, 0.3) is 5.91 Å². The van der Waals surface area contributed by atoms with Crippen molar-refractivity contribution in [1.29, 1.82) is 0 Å². The van der Waals surface area contributed by atoms with Gasteiger partial charge in [0.1, 0.15) is 5.75 Å². The maximum absolute atomic E-state index is 12.3. The zero-order valence-electron chi connectivity index (χ0n) is 12.5. The van der Waals surface area contributed by atoms with E-state index in [1.165, 1.54) is 0 Å². The van der Waals surface area contributed by atoms with Crippen molar-refractivity contribution in [3.8, 4) is 5.75 Å². The first-order valence-corrected chi connectivity index (χ1v) is 6.82. The summed E-state index contributed by atoms with van der Waals surface area (Å²) >= 11 is 0. The minimum Gasteiger partial charge on any atom is -0.497 e. The Labute approximate surface area is 124 Å². The van der Waals surface area contributed by atoms with E-state index in [0.29, 0.717) is 11.3 Å². The molecule has 110 valence electrons.